The molecule has 0 bridgehead atoms. The quantitative estimate of drug-likeness (QED) is 0.218. The maximum Gasteiger partial charge on any atom is 0.185 e. The highest BCUT2D eigenvalue weighted by Gasteiger charge is 2.20. The molecule has 4 nitrogen and oxygen atoms in total. The summed E-state index contributed by atoms with van der Waals surface area (Å²) in [6, 6.07) is 11.0. The van der Waals surface area contributed by atoms with Gasteiger partial charge in [0.1, 0.15) is 35.1 Å². The normalized spacial score (nSPS) is 11.8. The number of ketones is 1. The lowest BCUT2D eigenvalue weighted by Gasteiger charge is -2.27. The molecule has 0 aliphatic rings. The van der Waals surface area contributed by atoms with E-state index in [0.717, 1.165) is 16.9 Å². The number of hydrogen-bond acceptors (Lipinski definition) is 4. The van der Waals surface area contributed by atoms with Crippen molar-refractivity contribution in [3.8, 4) is 17.2 Å². The first-order chi connectivity index (χ1) is 15.4. The smallest absolute Gasteiger partial charge is 0.185 e. The van der Waals surface area contributed by atoms with Crippen LogP contribution in [0.25, 0.3) is 6.08 Å². The van der Waals surface area contributed by atoms with Crippen molar-refractivity contribution in [2.24, 2.45) is 0 Å². The van der Waals surface area contributed by atoms with Crippen LogP contribution in [0.2, 0.25) is 0 Å². The van der Waals surface area contributed by atoms with Crippen molar-refractivity contribution in [2.45, 2.75) is 59.2 Å². The van der Waals surface area contributed by atoms with Crippen LogP contribution in [-0.4, -0.2) is 23.6 Å². The van der Waals surface area contributed by atoms with Crippen LogP contribution < -0.4 is 14.2 Å². The van der Waals surface area contributed by atoms with E-state index < -0.39 is 5.60 Å². The maximum atomic E-state index is 12.8. The highest BCUT2D eigenvalue weighted by atomic mass is 16.5. The zero-order valence-corrected chi connectivity index (χ0v) is 20.7. The maximum absolute atomic E-state index is 12.8. The number of carbonyl (C=O) groups excluding carboxylic acids is 1. The molecule has 0 saturated heterocycles. The van der Waals surface area contributed by atoms with Crippen LogP contribution in [-0.2, 0) is 6.42 Å². The molecule has 2 rings (SSSR count). The summed E-state index contributed by atoms with van der Waals surface area (Å²) >= 11 is 0. The fourth-order valence-electron chi connectivity index (χ4n) is 3.05. The Kier molecular flexibility index (Phi) is 8.69. The minimum Gasteiger partial charge on any atom is -0.490 e. The first-order valence-corrected chi connectivity index (χ1v) is 11.1. The van der Waals surface area contributed by atoms with Gasteiger partial charge in [0.05, 0.1) is 0 Å². The van der Waals surface area contributed by atoms with Crippen molar-refractivity contribution in [1.29, 1.82) is 0 Å². The van der Waals surface area contributed by atoms with Crippen molar-refractivity contribution < 1.29 is 19.0 Å². The van der Waals surface area contributed by atoms with Crippen molar-refractivity contribution >= 4 is 11.9 Å². The average molecular weight is 449 g/mol. The summed E-state index contributed by atoms with van der Waals surface area (Å²) < 4.78 is 17.9. The molecule has 0 heterocycles. The van der Waals surface area contributed by atoms with Gasteiger partial charge in [0.2, 0.25) is 0 Å². The molecule has 0 unspecified atom stereocenters. The van der Waals surface area contributed by atoms with Crippen LogP contribution in [0.15, 0.2) is 67.8 Å². The van der Waals surface area contributed by atoms with E-state index in [4.69, 9.17) is 14.2 Å². The Morgan fingerprint density at radius 1 is 0.879 bits per heavy atom. The highest BCUT2D eigenvalue weighted by molar-refractivity contribution is 6.07. The number of carbonyl (C=O) groups is 1. The summed E-state index contributed by atoms with van der Waals surface area (Å²) in [6.45, 7) is 19.9. The van der Waals surface area contributed by atoms with Gasteiger partial charge in [-0.15, -0.1) is 6.58 Å². The molecule has 2 aromatic carbocycles. The first-order valence-electron chi connectivity index (χ1n) is 11.1. The predicted molar refractivity (Wildman–Crippen MR) is 137 cm³/mol. The summed E-state index contributed by atoms with van der Waals surface area (Å²) in [5.74, 6) is 2.00. The van der Waals surface area contributed by atoms with E-state index in [0.29, 0.717) is 30.1 Å². The molecule has 0 aliphatic carbocycles. The van der Waals surface area contributed by atoms with E-state index >= 15 is 0 Å². The molecule has 0 amide bonds. The van der Waals surface area contributed by atoms with E-state index in [1.807, 2.05) is 59.8 Å². The van der Waals surface area contributed by atoms with E-state index in [1.54, 1.807) is 42.5 Å². The van der Waals surface area contributed by atoms with E-state index in [-0.39, 0.29) is 11.4 Å². The van der Waals surface area contributed by atoms with E-state index in [2.05, 4.69) is 13.2 Å². The van der Waals surface area contributed by atoms with Gasteiger partial charge in [-0.25, -0.2) is 0 Å². The van der Waals surface area contributed by atoms with Gasteiger partial charge >= 0.3 is 0 Å². The van der Waals surface area contributed by atoms with Gasteiger partial charge in [-0.1, -0.05) is 18.7 Å². The lowest BCUT2D eigenvalue weighted by atomic mass is 10.0. The molecule has 33 heavy (non-hydrogen) atoms. The summed E-state index contributed by atoms with van der Waals surface area (Å²) in [4.78, 5) is 12.8. The summed E-state index contributed by atoms with van der Waals surface area (Å²) in [5, 5.41) is 0. The Morgan fingerprint density at radius 2 is 1.48 bits per heavy atom. The fraction of sp³-hybridized carbons (Fsp3) is 0.345. The molecule has 0 N–H and O–H groups in total. The topological polar surface area (TPSA) is 44.8 Å². The van der Waals surface area contributed by atoms with Crippen molar-refractivity contribution in [1.82, 2.24) is 0 Å². The summed E-state index contributed by atoms with van der Waals surface area (Å²) in [5.41, 5.74) is 1.60. The van der Waals surface area contributed by atoms with Crippen LogP contribution in [0.5, 0.6) is 17.2 Å². The third-order valence-electron chi connectivity index (χ3n) is 4.31. The molecule has 4 heteroatoms. The molecular formula is C29H36O4. The molecule has 2 aromatic rings. The Bertz CT molecular complexity index is 1000. The van der Waals surface area contributed by atoms with Crippen LogP contribution in [0, 0.1) is 0 Å². The molecular weight excluding hydrogens is 412 g/mol. The van der Waals surface area contributed by atoms with Gasteiger partial charge in [0, 0.05) is 17.2 Å². The van der Waals surface area contributed by atoms with Gasteiger partial charge in [-0.2, -0.15) is 0 Å². The van der Waals surface area contributed by atoms with Crippen LogP contribution in [0.1, 0.15) is 63.0 Å². The SMILES string of the molecule is C=CCOc1ccc(C(=O)C=Cc2cc(CC=C)c(OC(C)(C)C)cc2OC(C)(C)C)cc1. The summed E-state index contributed by atoms with van der Waals surface area (Å²) in [6.07, 6.45) is 7.51. The zero-order chi connectivity index (χ0) is 24.6. The minimum absolute atomic E-state index is 0.104. The first kappa shape index (κ1) is 26.0. The monoisotopic (exact) mass is 448 g/mol. The molecule has 0 aliphatic heterocycles. The van der Waals surface area contributed by atoms with Crippen molar-refractivity contribution in [2.75, 3.05) is 6.61 Å². The molecule has 0 aromatic heterocycles. The highest BCUT2D eigenvalue weighted by Crippen LogP contribution is 2.35. The molecule has 0 fully saturated rings. The largest absolute Gasteiger partial charge is 0.490 e. The third-order valence-corrected chi connectivity index (χ3v) is 4.31. The van der Waals surface area contributed by atoms with Gasteiger partial charge in [-0.3, -0.25) is 4.79 Å². The van der Waals surface area contributed by atoms with Crippen LogP contribution in [0.3, 0.4) is 0 Å². The second kappa shape index (κ2) is 11.0. The molecule has 0 spiro atoms. The van der Waals surface area contributed by atoms with Gasteiger partial charge in [0.25, 0.3) is 0 Å². The number of rotatable bonds is 10. The number of benzene rings is 2. The van der Waals surface area contributed by atoms with Gasteiger partial charge in [-0.05, 0) is 96.0 Å². The second-order valence-electron chi connectivity index (χ2n) is 9.74. The third kappa shape index (κ3) is 8.64. The van der Waals surface area contributed by atoms with Gasteiger partial charge in [0.15, 0.2) is 5.78 Å². The van der Waals surface area contributed by atoms with Crippen LogP contribution in [0.4, 0.5) is 0 Å². The van der Waals surface area contributed by atoms with Gasteiger partial charge < -0.3 is 14.2 Å². The Morgan fingerprint density at radius 3 is 2.03 bits per heavy atom. The van der Waals surface area contributed by atoms with E-state index in [9.17, 15) is 4.79 Å². The average Bonchev–Trinajstić information content (AvgIpc) is 2.71. The zero-order valence-electron chi connectivity index (χ0n) is 20.7. The Labute approximate surface area is 198 Å². The lowest BCUT2D eigenvalue weighted by Crippen LogP contribution is -2.25. The van der Waals surface area contributed by atoms with Crippen LogP contribution >= 0.6 is 0 Å². The lowest BCUT2D eigenvalue weighted by molar-refractivity contribution is 0.104. The second-order valence-corrected chi connectivity index (χ2v) is 9.74. The minimum atomic E-state index is -0.410. The molecule has 0 atom stereocenters. The number of hydrogen-bond donors (Lipinski definition) is 0. The molecule has 0 radical (unpaired) electrons. The van der Waals surface area contributed by atoms with E-state index in [1.165, 1.54) is 0 Å². The fourth-order valence-corrected chi connectivity index (χ4v) is 3.05. The molecule has 176 valence electrons. The number of ether oxygens (including phenoxy) is 3. The van der Waals surface area contributed by atoms with Crippen molar-refractivity contribution in [3.63, 3.8) is 0 Å². The summed E-state index contributed by atoms with van der Waals surface area (Å²) in [7, 11) is 0. The predicted octanol–water partition coefficient (Wildman–Crippen LogP) is 7.23. The number of allylic oxidation sites excluding steroid dienone is 2. The Balaban J connectivity index is 2.40. The molecule has 0 saturated carbocycles. The van der Waals surface area contributed by atoms with Crippen molar-refractivity contribution in [3.05, 3.63) is 84.5 Å². The Hall–Kier alpha value is -3.27. The standard InChI is InChI=1S/C29H36O4/c1-9-11-22-19-23(27(33-29(6,7)8)20-26(22)32-28(3,4)5)14-17-25(30)21-12-15-24(16-13-21)31-18-10-2/h9-10,12-17,19-20H,1-2,11,18H2,3-8H3.